The van der Waals surface area contributed by atoms with Crippen LogP contribution >= 0.6 is 0 Å². The Kier molecular flexibility index (Phi) is 9.19. The Morgan fingerprint density at radius 3 is 2.58 bits per heavy atom. The highest BCUT2D eigenvalue weighted by Crippen LogP contribution is 2.29. The molecule has 0 aliphatic carbocycles. The molecule has 0 N–H and O–H groups in total. The number of carbonyl (C=O) groups excluding carboxylic acids is 3. The molecule has 0 bridgehead atoms. The van der Waals surface area contributed by atoms with E-state index < -0.39 is 17.7 Å². The van der Waals surface area contributed by atoms with Gasteiger partial charge in [-0.3, -0.25) is 19.2 Å². The standard InChI is InChI=1S/C31H43N5O4/c1-6-33-26(19-24-12-11-23(20-32)18-28(24)33)14-13-25-9-7-15-34(25)30(39)27-10-8-16-35(27)29(38)17-22(2)36(21-37)40-31(3,4)5/h11-12,18-19,21-22,25,27H,6-10,13-17H2,1-5H3/t22?,25-,27+/m0/s1. The van der Waals surface area contributed by atoms with Crippen molar-refractivity contribution in [3.05, 3.63) is 35.5 Å². The number of nitrogens with zero attached hydrogens (tertiary/aromatic N) is 5. The summed E-state index contributed by atoms with van der Waals surface area (Å²) in [4.78, 5) is 48.1. The highest BCUT2D eigenvalue weighted by atomic mass is 16.7. The zero-order chi connectivity index (χ0) is 29.0. The number of amides is 3. The van der Waals surface area contributed by atoms with Gasteiger partial charge in [-0.15, -0.1) is 0 Å². The summed E-state index contributed by atoms with van der Waals surface area (Å²) in [6.07, 6.45) is 5.83. The molecule has 0 spiro atoms. The number of benzene rings is 1. The number of hydroxylamine groups is 2. The molecule has 2 aliphatic heterocycles. The second kappa shape index (κ2) is 12.4. The number of carbonyl (C=O) groups is 3. The van der Waals surface area contributed by atoms with Crippen molar-refractivity contribution in [2.45, 2.75) is 110 Å². The second-order valence-electron chi connectivity index (χ2n) is 12.1. The minimum atomic E-state index is -0.555. The number of likely N-dealkylation sites (tertiary alicyclic amines) is 2. The first-order valence-corrected chi connectivity index (χ1v) is 14.6. The van der Waals surface area contributed by atoms with Gasteiger partial charge in [-0.2, -0.15) is 5.26 Å². The molecule has 9 heteroatoms. The molecule has 9 nitrogen and oxygen atoms in total. The molecule has 1 aromatic carbocycles. The second-order valence-corrected chi connectivity index (χ2v) is 12.1. The fourth-order valence-electron chi connectivity index (χ4n) is 6.21. The highest BCUT2D eigenvalue weighted by Gasteiger charge is 2.40. The molecule has 0 saturated carbocycles. The van der Waals surface area contributed by atoms with Gasteiger partial charge < -0.3 is 14.4 Å². The summed E-state index contributed by atoms with van der Waals surface area (Å²) in [5.74, 6) is -0.0680. The zero-order valence-electron chi connectivity index (χ0n) is 24.6. The van der Waals surface area contributed by atoms with Gasteiger partial charge in [-0.1, -0.05) is 6.07 Å². The Hall–Kier alpha value is -3.38. The van der Waals surface area contributed by atoms with E-state index >= 15 is 0 Å². The summed E-state index contributed by atoms with van der Waals surface area (Å²) < 4.78 is 2.27. The molecule has 4 rings (SSSR count). The normalized spacial score (nSPS) is 20.1. The Morgan fingerprint density at radius 1 is 1.18 bits per heavy atom. The van der Waals surface area contributed by atoms with Crippen molar-refractivity contribution in [2.24, 2.45) is 0 Å². The van der Waals surface area contributed by atoms with E-state index in [0.717, 1.165) is 56.1 Å². The zero-order valence-corrected chi connectivity index (χ0v) is 24.6. The maximum Gasteiger partial charge on any atom is 0.245 e. The summed E-state index contributed by atoms with van der Waals surface area (Å²) in [6, 6.07) is 9.50. The molecule has 2 aliphatic rings. The van der Waals surface area contributed by atoms with Crippen LogP contribution in [0, 0.1) is 11.3 Å². The van der Waals surface area contributed by atoms with Crippen LogP contribution < -0.4 is 0 Å². The SMILES string of the molecule is CCn1c(CC[C@@H]2CCCN2C(=O)[C@H]2CCCN2C(=O)CC(C)N(C=O)OC(C)(C)C)cc2ccc(C#N)cc21. The molecule has 40 heavy (non-hydrogen) atoms. The van der Waals surface area contributed by atoms with Gasteiger partial charge in [0.15, 0.2) is 0 Å². The summed E-state index contributed by atoms with van der Waals surface area (Å²) in [7, 11) is 0. The van der Waals surface area contributed by atoms with Crippen LogP contribution in [0.2, 0.25) is 0 Å². The van der Waals surface area contributed by atoms with Crippen LogP contribution in [0.1, 0.15) is 84.4 Å². The van der Waals surface area contributed by atoms with Crippen LogP contribution in [-0.4, -0.2) is 74.5 Å². The number of aromatic nitrogens is 1. The van der Waals surface area contributed by atoms with Gasteiger partial charge in [-0.05, 0) is 96.7 Å². The molecule has 2 fully saturated rings. The quantitative estimate of drug-likeness (QED) is 0.323. The molecule has 2 aromatic rings. The third kappa shape index (κ3) is 6.49. The lowest BCUT2D eigenvalue weighted by molar-refractivity contribution is -0.230. The van der Waals surface area contributed by atoms with E-state index in [2.05, 4.69) is 23.6 Å². The van der Waals surface area contributed by atoms with Crippen LogP contribution in [0.15, 0.2) is 24.3 Å². The lowest BCUT2D eigenvalue weighted by atomic mass is 10.1. The fourth-order valence-corrected chi connectivity index (χ4v) is 6.21. The Bertz CT molecular complexity index is 1270. The van der Waals surface area contributed by atoms with Crippen molar-refractivity contribution in [1.82, 2.24) is 19.4 Å². The summed E-state index contributed by atoms with van der Waals surface area (Å²) >= 11 is 0. The molecule has 1 aromatic heterocycles. The lowest BCUT2D eigenvalue weighted by Crippen LogP contribution is -2.50. The third-order valence-corrected chi connectivity index (χ3v) is 8.08. The van der Waals surface area contributed by atoms with Crippen LogP contribution in [0.4, 0.5) is 0 Å². The van der Waals surface area contributed by atoms with E-state index in [-0.39, 0.29) is 24.3 Å². The predicted octanol–water partition coefficient (Wildman–Crippen LogP) is 4.41. The summed E-state index contributed by atoms with van der Waals surface area (Å²) in [6.45, 7) is 11.6. The number of hydrogen-bond acceptors (Lipinski definition) is 5. The molecule has 3 atom stereocenters. The number of hydrogen-bond donors (Lipinski definition) is 0. The summed E-state index contributed by atoms with van der Waals surface area (Å²) in [5.41, 5.74) is 2.40. The van der Waals surface area contributed by atoms with Gasteiger partial charge >= 0.3 is 0 Å². The van der Waals surface area contributed by atoms with E-state index in [9.17, 15) is 19.6 Å². The van der Waals surface area contributed by atoms with E-state index in [0.29, 0.717) is 24.9 Å². The van der Waals surface area contributed by atoms with Crippen molar-refractivity contribution < 1.29 is 19.2 Å². The van der Waals surface area contributed by atoms with Gasteiger partial charge in [-0.25, -0.2) is 5.06 Å². The first kappa shape index (κ1) is 29.6. The monoisotopic (exact) mass is 549 g/mol. The van der Waals surface area contributed by atoms with Crippen LogP contribution in [-0.2, 0) is 32.2 Å². The van der Waals surface area contributed by atoms with Crippen molar-refractivity contribution >= 4 is 29.1 Å². The van der Waals surface area contributed by atoms with Crippen molar-refractivity contribution in [3.8, 4) is 6.07 Å². The van der Waals surface area contributed by atoms with E-state index in [4.69, 9.17) is 4.84 Å². The summed E-state index contributed by atoms with van der Waals surface area (Å²) in [5, 5.41) is 11.7. The number of rotatable bonds is 10. The molecule has 216 valence electrons. The van der Waals surface area contributed by atoms with Crippen molar-refractivity contribution in [1.29, 1.82) is 5.26 Å². The third-order valence-electron chi connectivity index (χ3n) is 8.08. The van der Waals surface area contributed by atoms with Gasteiger partial charge in [0.05, 0.1) is 23.3 Å². The van der Waals surface area contributed by atoms with E-state index in [1.807, 2.05) is 43.9 Å². The smallest absolute Gasteiger partial charge is 0.245 e. The Morgan fingerprint density at radius 2 is 1.90 bits per heavy atom. The molecular weight excluding hydrogens is 506 g/mol. The van der Waals surface area contributed by atoms with Crippen LogP contribution in [0.5, 0.6) is 0 Å². The highest BCUT2D eigenvalue weighted by molar-refractivity contribution is 5.89. The molecule has 0 radical (unpaired) electrons. The molecule has 1 unspecified atom stereocenters. The Balaban J connectivity index is 1.40. The van der Waals surface area contributed by atoms with E-state index in [1.54, 1.807) is 11.8 Å². The number of nitriles is 1. The van der Waals surface area contributed by atoms with E-state index in [1.165, 1.54) is 10.8 Å². The molecule has 3 heterocycles. The first-order valence-electron chi connectivity index (χ1n) is 14.6. The lowest BCUT2D eigenvalue weighted by Gasteiger charge is -2.34. The van der Waals surface area contributed by atoms with Crippen LogP contribution in [0.3, 0.4) is 0 Å². The number of fused-ring (bicyclic) bond motifs is 1. The van der Waals surface area contributed by atoms with Crippen molar-refractivity contribution in [2.75, 3.05) is 13.1 Å². The largest absolute Gasteiger partial charge is 0.345 e. The van der Waals surface area contributed by atoms with Gasteiger partial charge in [0, 0.05) is 43.3 Å². The minimum absolute atomic E-state index is 0.0499. The van der Waals surface area contributed by atoms with Crippen molar-refractivity contribution in [3.63, 3.8) is 0 Å². The fraction of sp³-hybridized carbons (Fsp3) is 0.613. The van der Waals surface area contributed by atoms with Crippen LogP contribution in [0.25, 0.3) is 10.9 Å². The molecule has 2 saturated heterocycles. The van der Waals surface area contributed by atoms with Gasteiger partial charge in [0.1, 0.15) is 6.04 Å². The average molecular weight is 550 g/mol. The predicted molar refractivity (Wildman–Crippen MR) is 153 cm³/mol. The van der Waals surface area contributed by atoms with Gasteiger partial charge in [0.25, 0.3) is 0 Å². The first-order chi connectivity index (χ1) is 19.1. The minimum Gasteiger partial charge on any atom is -0.345 e. The average Bonchev–Trinajstić information content (AvgIpc) is 3.67. The topological polar surface area (TPSA) is 98.9 Å². The maximum atomic E-state index is 13.8. The molecule has 3 amide bonds. The van der Waals surface area contributed by atoms with Gasteiger partial charge in [0.2, 0.25) is 18.2 Å². The maximum absolute atomic E-state index is 13.8. The Labute approximate surface area is 237 Å². The number of aryl methyl sites for hydroxylation is 2. The molecular formula is C31H43N5O4.